The van der Waals surface area contributed by atoms with E-state index >= 15 is 0 Å². The molecule has 0 rings (SSSR count). The van der Waals surface area contributed by atoms with Gasteiger partial charge in [-0.3, -0.25) is 9.59 Å². The molecule has 342 valence electrons. The first kappa shape index (κ1) is 56.3. The van der Waals surface area contributed by atoms with Crippen LogP contribution in [-0.2, 0) is 14.3 Å². The van der Waals surface area contributed by atoms with E-state index in [0.717, 1.165) is 57.8 Å². The van der Waals surface area contributed by atoms with E-state index in [1.165, 1.54) is 186 Å². The zero-order valence-electron chi connectivity index (χ0n) is 38.8. The van der Waals surface area contributed by atoms with Crippen molar-refractivity contribution in [2.45, 2.75) is 283 Å². The van der Waals surface area contributed by atoms with E-state index in [-0.39, 0.29) is 18.5 Å². The molecule has 0 aromatic carbocycles. The van der Waals surface area contributed by atoms with Gasteiger partial charge in [-0.15, -0.1) is 0 Å². The zero-order chi connectivity index (χ0) is 42.3. The van der Waals surface area contributed by atoms with E-state index in [1.807, 2.05) is 6.08 Å². The molecule has 0 aliphatic carbocycles. The van der Waals surface area contributed by atoms with Gasteiger partial charge in [0.05, 0.1) is 25.4 Å². The highest BCUT2D eigenvalue weighted by Crippen LogP contribution is 2.15. The molecule has 0 aromatic heterocycles. The molecule has 0 heterocycles. The molecule has 0 aromatic rings. The van der Waals surface area contributed by atoms with E-state index in [4.69, 9.17) is 4.74 Å². The summed E-state index contributed by atoms with van der Waals surface area (Å²) in [6.07, 6.45) is 56.0. The minimum absolute atomic E-state index is 0.0190. The quantitative estimate of drug-likeness (QED) is 0.0323. The summed E-state index contributed by atoms with van der Waals surface area (Å²) in [6, 6.07) is -0.639. The Bertz CT molecular complexity index is 904. The van der Waals surface area contributed by atoms with Crippen molar-refractivity contribution in [1.82, 2.24) is 5.32 Å². The molecule has 0 aliphatic rings. The fraction of sp³-hybridized carbons (Fsp3) is 0.885. The number of nitrogens with one attached hydrogen (secondary N) is 1. The zero-order valence-corrected chi connectivity index (χ0v) is 38.8. The summed E-state index contributed by atoms with van der Waals surface area (Å²) in [6.45, 7) is 4.86. The highest BCUT2D eigenvalue weighted by atomic mass is 16.5. The van der Waals surface area contributed by atoms with Gasteiger partial charge in [0.15, 0.2) is 0 Å². The molecule has 0 saturated carbocycles. The van der Waals surface area contributed by atoms with Crippen LogP contribution in [0.2, 0.25) is 0 Å². The second-order valence-electron chi connectivity index (χ2n) is 17.5. The van der Waals surface area contributed by atoms with Crippen LogP contribution < -0.4 is 5.32 Å². The van der Waals surface area contributed by atoms with Gasteiger partial charge in [0.2, 0.25) is 5.91 Å². The minimum atomic E-state index is -0.854. The number of hydrogen-bond donors (Lipinski definition) is 3. The first-order valence-corrected chi connectivity index (χ1v) is 25.6. The fourth-order valence-corrected chi connectivity index (χ4v) is 7.74. The van der Waals surface area contributed by atoms with Crippen molar-refractivity contribution in [3.8, 4) is 0 Å². The Labute approximate surface area is 361 Å². The molecule has 1 amide bonds. The van der Waals surface area contributed by atoms with Gasteiger partial charge < -0.3 is 20.3 Å². The molecule has 0 bridgehead atoms. The summed E-state index contributed by atoms with van der Waals surface area (Å²) >= 11 is 0. The van der Waals surface area contributed by atoms with Crippen molar-refractivity contribution in [3.63, 3.8) is 0 Å². The van der Waals surface area contributed by atoms with Crippen molar-refractivity contribution >= 4 is 11.9 Å². The van der Waals surface area contributed by atoms with E-state index in [0.29, 0.717) is 19.4 Å². The van der Waals surface area contributed by atoms with Gasteiger partial charge in [-0.2, -0.15) is 0 Å². The molecular weight excluding hydrogens is 719 g/mol. The molecule has 0 aliphatic heterocycles. The molecule has 0 saturated heterocycles. The summed E-state index contributed by atoms with van der Waals surface area (Å²) in [7, 11) is 0. The van der Waals surface area contributed by atoms with Crippen LogP contribution in [0, 0.1) is 0 Å². The fourth-order valence-electron chi connectivity index (χ4n) is 7.74. The summed E-state index contributed by atoms with van der Waals surface area (Å²) in [4.78, 5) is 24.4. The van der Waals surface area contributed by atoms with Crippen LogP contribution in [0.5, 0.6) is 0 Å². The molecule has 2 unspecified atom stereocenters. The van der Waals surface area contributed by atoms with Gasteiger partial charge in [-0.25, -0.2) is 0 Å². The first-order chi connectivity index (χ1) is 28.5. The van der Waals surface area contributed by atoms with Crippen LogP contribution >= 0.6 is 0 Å². The number of rotatable bonds is 47. The van der Waals surface area contributed by atoms with E-state index in [9.17, 15) is 19.8 Å². The maximum absolute atomic E-state index is 12.4. The molecule has 6 heteroatoms. The molecule has 0 spiro atoms. The number of aliphatic hydroxyl groups excluding tert-OH is 2. The third-order valence-electron chi connectivity index (χ3n) is 11.7. The number of ether oxygens (including phenoxy) is 1. The molecule has 0 radical (unpaired) electrons. The van der Waals surface area contributed by atoms with E-state index in [2.05, 4.69) is 31.3 Å². The van der Waals surface area contributed by atoms with Crippen molar-refractivity contribution in [2.24, 2.45) is 0 Å². The molecular formula is C52H99NO5. The Kier molecular flexibility index (Phi) is 46.6. The lowest BCUT2D eigenvalue weighted by atomic mass is 10.0. The smallest absolute Gasteiger partial charge is 0.305 e. The van der Waals surface area contributed by atoms with Crippen LogP contribution in [0.4, 0.5) is 0 Å². The Morgan fingerprint density at radius 1 is 0.466 bits per heavy atom. The van der Waals surface area contributed by atoms with Crippen molar-refractivity contribution in [1.29, 1.82) is 0 Å². The number of esters is 1. The predicted molar refractivity (Wildman–Crippen MR) is 250 cm³/mol. The largest absolute Gasteiger partial charge is 0.466 e. The Morgan fingerprint density at radius 2 is 0.810 bits per heavy atom. The molecule has 3 N–H and O–H groups in total. The summed E-state index contributed by atoms with van der Waals surface area (Å²) in [5.41, 5.74) is 0. The second-order valence-corrected chi connectivity index (χ2v) is 17.5. The highest BCUT2D eigenvalue weighted by Gasteiger charge is 2.18. The maximum Gasteiger partial charge on any atom is 0.305 e. The van der Waals surface area contributed by atoms with Crippen LogP contribution in [-0.4, -0.2) is 47.4 Å². The summed E-state index contributed by atoms with van der Waals surface area (Å²) in [5, 5.41) is 23.0. The third-order valence-corrected chi connectivity index (χ3v) is 11.7. The lowest BCUT2D eigenvalue weighted by molar-refractivity contribution is -0.143. The number of hydrogen-bond acceptors (Lipinski definition) is 5. The SMILES string of the molecule is CCCCCCCC/C=C\CCCCCCCC(=O)OCCCCCCCCCCCCCCC(=O)NC(CO)C(O)/C=C/CCCCCCCCCCCCCC. The standard InChI is InChI=1S/C52H99NO5/c1-3-5-7-9-11-13-15-17-19-21-26-30-34-38-42-46-52(57)58-47-43-39-35-31-27-23-22-25-29-33-37-41-45-51(56)53-49(48-54)50(55)44-40-36-32-28-24-20-18-16-14-12-10-8-6-4-2/h17,19,40,44,49-50,54-55H,3-16,18,20-39,41-43,45-48H2,1-2H3,(H,53,56)/b19-17-,44-40+. The minimum Gasteiger partial charge on any atom is -0.466 e. The summed E-state index contributed by atoms with van der Waals surface area (Å²) < 4.78 is 5.45. The Hall–Kier alpha value is -1.66. The average Bonchev–Trinajstić information content (AvgIpc) is 3.22. The van der Waals surface area contributed by atoms with E-state index in [1.54, 1.807) is 6.08 Å². The maximum atomic E-state index is 12.4. The van der Waals surface area contributed by atoms with Crippen LogP contribution in [0.1, 0.15) is 271 Å². The van der Waals surface area contributed by atoms with Gasteiger partial charge >= 0.3 is 5.97 Å². The average molecular weight is 818 g/mol. The lowest BCUT2D eigenvalue weighted by Gasteiger charge is -2.20. The van der Waals surface area contributed by atoms with E-state index < -0.39 is 12.1 Å². The van der Waals surface area contributed by atoms with Crippen LogP contribution in [0.25, 0.3) is 0 Å². The molecule has 58 heavy (non-hydrogen) atoms. The number of aliphatic hydroxyl groups is 2. The number of amides is 1. The van der Waals surface area contributed by atoms with Crippen molar-refractivity contribution in [2.75, 3.05) is 13.2 Å². The first-order valence-electron chi connectivity index (χ1n) is 25.6. The van der Waals surface area contributed by atoms with Crippen LogP contribution in [0.3, 0.4) is 0 Å². The van der Waals surface area contributed by atoms with Crippen molar-refractivity contribution < 1.29 is 24.5 Å². The van der Waals surface area contributed by atoms with Gasteiger partial charge in [0, 0.05) is 12.8 Å². The topological polar surface area (TPSA) is 95.9 Å². The van der Waals surface area contributed by atoms with Gasteiger partial charge in [0.25, 0.3) is 0 Å². The number of unbranched alkanes of at least 4 members (excludes halogenated alkanes) is 34. The number of carbonyl (C=O) groups excluding carboxylic acids is 2. The van der Waals surface area contributed by atoms with Crippen molar-refractivity contribution in [3.05, 3.63) is 24.3 Å². The number of carbonyl (C=O) groups is 2. The Balaban J connectivity index is 3.49. The molecule has 0 fully saturated rings. The third kappa shape index (κ3) is 43.9. The number of allylic oxidation sites excluding steroid dienone is 3. The predicted octanol–water partition coefficient (Wildman–Crippen LogP) is 15.1. The second kappa shape index (κ2) is 48.0. The highest BCUT2D eigenvalue weighted by molar-refractivity contribution is 5.76. The van der Waals surface area contributed by atoms with Gasteiger partial charge in [0.1, 0.15) is 0 Å². The van der Waals surface area contributed by atoms with Gasteiger partial charge in [-0.1, -0.05) is 224 Å². The molecule has 6 nitrogen and oxygen atoms in total. The summed E-state index contributed by atoms with van der Waals surface area (Å²) in [5.74, 6) is -0.103. The Morgan fingerprint density at radius 3 is 1.22 bits per heavy atom. The normalized spacial score (nSPS) is 12.8. The van der Waals surface area contributed by atoms with Crippen LogP contribution in [0.15, 0.2) is 24.3 Å². The van der Waals surface area contributed by atoms with Gasteiger partial charge in [-0.05, 0) is 57.8 Å². The molecule has 2 atom stereocenters. The lowest BCUT2D eigenvalue weighted by Crippen LogP contribution is -2.45. The monoisotopic (exact) mass is 818 g/mol.